The van der Waals surface area contributed by atoms with Crippen molar-refractivity contribution in [1.29, 1.82) is 0 Å². The molecule has 1 aliphatic heterocycles. The third kappa shape index (κ3) is 3.99. The van der Waals surface area contributed by atoms with E-state index in [4.69, 9.17) is 16.3 Å². The van der Waals surface area contributed by atoms with Crippen LogP contribution in [0.4, 0.5) is 13.2 Å². The molecule has 0 N–H and O–H groups in total. The second-order valence-corrected chi connectivity index (χ2v) is 5.64. The van der Waals surface area contributed by atoms with Crippen molar-refractivity contribution in [3.63, 3.8) is 0 Å². The Balaban J connectivity index is 2.15. The molecule has 0 atom stereocenters. The average molecular weight is 365 g/mol. The van der Waals surface area contributed by atoms with E-state index < -0.39 is 22.7 Å². The van der Waals surface area contributed by atoms with Gasteiger partial charge in [-0.05, 0) is 12.1 Å². The SMILES string of the molecule is COCCN1CCN(C(=O)c2cccc(C(F)(F)F)c2Cl)CC1=O. The van der Waals surface area contributed by atoms with Crippen molar-refractivity contribution in [2.45, 2.75) is 6.18 Å². The number of halogens is 4. The van der Waals surface area contributed by atoms with Gasteiger partial charge in [0.2, 0.25) is 5.91 Å². The van der Waals surface area contributed by atoms with E-state index in [-0.39, 0.29) is 24.6 Å². The monoisotopic (exact) mass is 364 g/mol. The molecule has 0 aliphatic carbocycles. The zero-order chi connectivity index (χ0) is 17.9. The Morgan fingerprint density at radius 1 is 1.33 bits per heavy atom. The number of nitrogens with zero attached hydrogens (tertiary/aromatic N) is 2. The predicted octanol–water partition coefficient (Wildman–Crippen LogP) is 2.29. The fourth-order valence-corrected chi connectivity index (χ4v) is 2.72. The largest absolute Gasteiger partial charge is 0.417 e. The highest BCUT2D eigenvalue weighted by Gasteiger charge is 2.36. The highest BCUT2D eigenvalue weighted by Crippen LogP contribution is 2.36. The molecule has 0 aromatic heterocycles. The second-order valence-electron chi connectivity index (χ2n) is 5.27. The van der Waals surface area contributed by atoms with Gasteiger partial charge in [-0.15, -0.1) is 0 Å². The average Bonchev–Trinajstić information content (AvgIpc) is 2.52. The first-order valence-electron chi connectivity index (χ1n) is 7.17. The Labute approximate surface area is 141 Å². The molecule has 1 aromatic rings. The molecule has 0 unspecified atom stereocenters. The van der Waals surface area contributed by atoms with E-state index in [0.717, 1.165) is 12.1 Å². The molecule has 1 heterocycles. The molecule has 24 heavy (non-hydrogen) atoms. The molecule has 1 fully saturated rings. The standard InChI is InChI=1S/C15H16ClF3N2O3/c1-24-8-7-20-5-6-21(9-12(20)22)14(23)10-3-2-4-11(13(10)16)15(17,18)19/h2-4H,5-9H2,1H3. The molecular weight excluding hydrogens is 349 g/mol. The van der Waals surface area contributed by atoms with Gasteiger partial charge < -0.3 is 14.5 Å². The summed E-state index contributed by atoms with van der Waals surface area (Å²) in [6, 6.07) is 3.16. The number of benzene rings is 1. The number of alkyl halides is 3. The predicted molar refractivity (Wildman–Crippen MR) is 80.8 cm³/mol. The minimum Gasteiger partial charge on any atom is -0.383 e. The summed E-state index contributed by atoms with van der Waals surface area (Å²) in [4.78, 5) is 27.2. The van der Waals surface area contributed by atoms with Crippen molar-refractivity contribution in [3.05, 3.63) is 34.3 Å². The van der Waals surface area contributed by atoms with Crippen LogP contribution in [0.3, 0.4) is 0 Å². The van der Waals surface area contributed by atoms with Crippen LogP contribution in [0.25, 0.3) is 0 Å². The number of hydrogen-bond donors (Lipinski definition) is 0. The topological polar surface area (TPSA) is 49.9 Å². The smallest absolute Gasteiger partial charge is 0.383 e. The Kier molecular flexibility index (Phi) is 5.71. The molecule has 0 bridgehead atoms. The van der Waals surface area contributed by atoms with E-state index in [1.807, 2.05) is 0 Å². The van der Waals surface area contributed by atoms with E-state index in [1.165, 1.54) is 18.1 Å². The van der Waals surface area contributed by atoms with Crippen LogP contribution in [-0.4, -0.2) is 61.5 Å². The van der Waals surface area contributed by atoms with Gasteiger partial charge in [-0.25, -0.2) is 0 Å². The number of ether oxygens (including phenoxy) is 1. The fraction of sp³-hybridized carbons (Fsp3) is 0.467. The van der Waals surface area contributed by atoms with Crippen molar-refractivity contribution in [1.82, 2.24) is 9.80 Å². The molecule has 1 saturated heterocycles. The zero-order valence-electron chi connectivity index (χ0n) is 12.9. The van der Waals surface area contributed by atoms with Gasteiger partial charge in [0.05, 0.1) is 22.8 Å². The number of carbonyl (C=O) groups is 2. The minimum atomic E-state index is -4.65. The summed E-state index contributed by atoms with van der Waals surface area (Å²) in [5.74, 6) is -0.972. The van der Waals surface area contributed by atoms with Crippen LogP contribution in [0.1, 0.15) is 15.9 Å². The van der Waals surface area contributed by atoms with Crippen LogP contribution in [0.15, 0.2) is 18.2 Å². The Hall–Kier alpha value is -1.80. The molecule has 2 rings (SSSR count). The van der Waals surface area contributed by atoms with Crippen LogP contribution in [-0.2, 0) is 15.7 Å². The normalized spacial score (nSPS) is 15.8. The Morgan fingerprint density at radius 2 is 2.04 bits per heavy atom. The van der Waals surface area contributed by atoms with E-state index in [0.29, 0.717) is 19.7 Å². The van der Waals surface area contributed by atoms with Gasteiger partial charge in [-0.3, -0.25) is 9.59 Å². The summed E-state index contributed by atoms with van der Waals surface area (Å²) in [6.45, 7) is 1.10. The first kappa shape index (κ1) is 18.5. The maximum absolute atomic E-state index is 12.9. The van der Waals surface area contributed by atoms with Gasteiger partial charge in [0.25, 0.3) is 5.91 Å². The van der Waals surface area contributed by atoms with E-state index in [1.54, 1.807) is 4.90 Å². The number of methoxy groups -OCH3 is 1. The highest BCUT2D eigenvalue weighted by atomic mass is 35.5. The number of amides is 2. The van der Waals surface area contributed by atoms with Crippen molar-refractivity contribution in [2.24, 2.45) is 0 Å². The van der Waals surface area contributed by atoms with Crippen molar-refractivity contribution in [3.8, 4) is 0 Å². The van der Waals surface area contributed by atoms with Crippen molar-refractivity contribution in [2.75, 3.05) is 39.9 Å². The van der Waals surface area contributed by atoms with Gasteiger partial charge in [0.1, 0.15) is 6.54 Å². The first-order valence-corrected chi connectivity index (χ1v) is 7.55. The first-order chi connectivity index (χ1) is 11.3. The van der Waals surface area contributed by atoms with Crippen molar-refractivity contribution >= 4 is 23.4 Å². The van der Waals surface area contributed by atoms with Crippen LogP contribution in [0.5, 0.6) is 0 Å². The third-order valence-electron chi connectivity index (χ3n) is 3.71. The maximum Gasteiger partial charge on any atom is 0.417 e. The quantitative estimate of drug-likeness (QED) is 0.823. The Morgan fingerprint density at radius 3 is 2.62 bits per heavy atom. The van der Waals surface area contributed by atoms with Gasteiger partial charge >= 0.3 is 6.18 Å². The van der Waals surface area contributed by atoms with Gasteiger partial charge in [0.15, 0.2) is 0 Å². The van der Waals surface area contributed by atoms with Crippen LogP contribution in [0.2, 0.25) is 5.02 Å². The lowest BCUT2D eigenvalue weighted by Gasteiger charge is -2.34. The van der Waals surface area contributed by atoms with Crippen LogP contribution < -0.4 is 0 Å². The number of rotatable bonds is 4. The van der Waals surface area contributed by atoms with E-state index in [9.17, 15) is 22.8 Å². The molecule has 132 valence electrons. The number of piperazine rings is 1. The van der Waals surface area contributed by atoms with E-state index in [2.05, 4.69) is 0 Å². The summed E-state index contributed by atoms with van der Waals surface area (Å²) in [5.41, 5.74) is -1.33. The molecule has 1 aromatic carbocycles. The van der Waals surface area contributed by atoms with Gasteiger partial charge in [0, 0.05) is 26.7 Å². The third-order valence-corrected chi connectivity index (χ3v) is 4.11. The molecule has 5 nitrogen and oxygen atoms in total. The second kappa shape index (κ2) is 7.40. The molecule has 0 saturated carbocycles. The summed E-state index contributed by atoms with van der Waals surface area (Å²) >= 11 is 5.76. The molecule has 0 radical (unpaired) electrons. The zero-order valence-corrected chi connectivity index (χ0v) is 13.7. The fourth-order valence-electron chi connectivity index (χ4n) is 2.41. The van der Waals surface area contributed by atoms with Crippen molar-refractivity contribution < 1.29 is 27.5 Å². The minimum absolute atomic E-state index is 0.199. The van der Waals surface area contributed by atoms with E-state index >= 15 is 0 Å². The van der Waals surface area contributed by atoms with Gasteiger partial charge in [-0.1, -0.05) is 17.7 Å². The lowest BCUT2D eigenvalue weighted by molar-refractivity contribution is -0.138. The number of hydrogen-bond acceptors (Lipinski definition) is 3. The van der Waals surface area contributed by atoms with Crippen LogP contribution >= 0.6 is 11.6 Å². The lowest BCUT2D eigenvalue weighted by Crippen LogP contribution is -2.53. The summed E-state index contributed by atoms with van der Waals surface area (Å²) in [5, 5.41) is -0.649. The summed E-state index contributed by atoms with van der Waals surface area (Å²) < 4.78 is 43.6. The Bertz CT molecular complexity index is 637. The van der Waals surface area contributed by atoms with Gasteiger partial charge in [-0.2, -0.15) is 13.2 Å². The molecular formula is C15H16ClF3N2O3. The lowest BCUT2D eigenvalue weighted by atomic mass is 10.1. The molecule has 2 amide bonds. The number of carbonyl (C=O) groups excluding carboxylic acids is 2. The van der Waals surface area contributed by atoms with Crippen LogP contribution in [0, 0.1) is 0 Å². The molecule has 1 aliphatic rings. The molecule has 0 spiro atoms. The summed E-state index contributed by atoms with van der Waals surface area (Å²) in [6.07, 6.45) is -4.65. The maximum atomic E-state index is 12.9. The highest BCUT2D eigenvalue weighted by molar-refractivity contribution is 6.34. The molecule has 9 heteroatoms. The summed E-state index contributed by atoms with van der Waals surface area (Å²) in [7, 11) is 1.51.